The number of benzene rings is 2. The van der Waals surface area contributed by atoms with E-state index in [1.807, 2.05) is 24.3 Å². The quantitative estimate of drug-likeness (QED) is 0.775. The molecule has 0 spiro atoms. The first kappa shape index (κ1) is 12.8. The molecule has 0 aliphatic carbocycles. The van der Waals surface area contributed by atoms with Crippen molar-refractivity contribution in [2.75, 3.05) is 0 Å². The van der Waals surface area contributed by atoms with E-state index in [-0.39, 0.29) is 0 Å². The lowest BCUT2D eigenvalue weighted by molar-refractivity contribution is 0.937. The molecule has 0 bridgehead atoms. The zero-order valence-electron chi connectivity index (χ0n) is 10.6. The second-order valence-electron chi connectivity index (χ2n) is 4.36. The molecule has 3 rings (SSSR count). The molecule has 4 heteroatoms. The highest BCUT2D eigenvalue weighted by Crippen LogP contribution is 2.22. The van der Waals surface area contributed by atoms with Crippen molar-refractivity contribution in [2.24, 2.45) is 0 Å². The predicted octanol–water partition coefficient (Wildman–Crippen LogP) is 4.40. The number of nitrogens with one attached hydrogen (secondary N) is 1. The Morgan fingerprint density at radius 2 is 1.50 bits per heavy atom. The first-order chi connectivity index (χ1) is 9.81. The van der Waals surface area contributed by atoms with Crippen molar-refractivity contribution in [3.8, 4) is 11.1 Å². The van der Waals surface area contributed by atoms with Crippen LogP contribution in [0.15, 0.2) is 59.2 Å². The Morgan fingerprint density at radius 3 is 2.10 bits per heavy atom. The number of hydrogen-bond donors (Lipinski definition) is 1. The van der Waals surface area contributed by atoms with Gasteiger partial charge in [0.15, 0.2) is 0 Å². The molecule has 0 saturated heterocycles. The van der Waals surface area contributed by atoms with E-state index >= 15 is 0 Å². The summed E-state index contributed by atoms with van der Waals surface area (Å²) in [5, 5.41) is 10.3. The summed E-state index contributed by atoms with van der Waals surface area (Å²) in [4.78, 5) is 0. The van der Waals surface area contributed by atoms with Gasteiger partial charge in [-0.3, -0.25) is 0 Å². The second-order valence-corrected chi connectivity index (χ2v) is 5.27. The Kier molecular flexibility index (Phi) is 3.74. The zero-order chi connectivity index (χ0) is 13.8. The van der Waals surface area contributed by atoms with Crippen molar-refractivity contribution in [2.45, 2.75) is 0 Å². The van der Waals surface area contributed by atoms with Gasteiger partial charge in [0.2, 0.25) is 0 Å². The average Bonchev–Trinajstić information content (AvgIpc) is 3.00. The van der Waals surface area contributed by atoms with Crippen molar-refractivity contribution in [3.63, 3.8) is 0 Å². The molecule has 3 nitrogen and oxygen atoms in total. The van der Waals surface area contributed by atoms with Gasteiger partial charge in [0.25, 0.3) is 0 Å². The summed E-state index contributed by atoms with van der Waals surface area (Å²) in [7, 11) is 0. The van der Waals surface area contributed by atoms with E-state index in [2.05, 4.69) is 67.7 Å². The third-order valence-corrected chi connectivity index (χ3v) is 3.50. The number of hydrogen-bond acceptors (Lipinski definition) is 2. The van der Waals surface area contributed by atoms with Crippen LogP contribution in [0.3, 0.4) is 0 Å². The monoisotopic (exact) mass is 325 g/mol. The highest BCUT2D eigenvalue weighted by Gasteiger charge is 1.97. The first-order valence-corrected chi connectivity index (χ1v) is 7.00. The van der Waals surface area contributed by atoms with Gasteiger partial charge >= 0.3 is 0 Å². The lowest BCUT2D eigenvalue weighted by Gasteiger charge is -2.02. The standard InChI is InChI=1S/C16H12BrN3/c17-15-8-6-14(7-9-15)13-4-1-12(2-5-13)3-10-16-11-18-20-19-16/h1-11H,(H,18,19,20)/b10-3+. The molecule has 0 atom stereocenters. The maximum absolute atomic E-state index is 3.98. The van der Waals surface area contributed by atoms with Crippen LogP contribution < -0.4 is 0 Å². The molecule has 0 fully saturated rings. The summed E-state index contributed by atoms with van der Waals surface area (Å²) in [6.07, 6.45) is 5.63. The summed E-state index contributed by atoms with van der Waals surface area (Å²) in [5.41, 5.74) is 4.37. The lowest BCUT2D eigenvalue weighted by atomic mass is 10.0. The van der Waals surface area contributed by atoms with Gasteiger partial charge in [-0.15, -0.1) is 0 Å². The molecule has 0 radical (unpaired) electrons. The topological polar surface area (TPSA) is 41.6 Å². The summed E-state index contributed by atoms with van der Waals surface area (Å²) in [6.45, 7) is 0. The fourth-order valence-corrected chi connectivity index (χ4v) is 2.17. The van der Waals surface area contributed by atoms with E-state index < -0.39 is 0 Å². The maximum atomic E-state index is 3.98. The van der Waals surface area contributed by atoms with E-state index in [1.165, 1.54) is 11.1 Å². The van der Waals surface area contributed by atoms with Gasteiger partial charge in [-0.1, -0.05) is 58.4 Å². The SMILES string of the molecule is Brc1ccc(-c2ccc(/C=C/c3cn[nH]n3)cc2)cc1. The maximum Gasteiger partial charge on any atom is 0.105 e. The molecule has 0 saturated carbocycles. The third kappa shape index (κ3) is 3.03. The molecule has 2 aromatic carbocycles. The van der Waals surface area contributed by atoms with E-state index in [9.17, 15) is 0 Å². The second kappa shape index (κ2) is 5.84. The smallest absolute Gasteiger partial charge is 0.105 e. The Hall–Kier alpha value is -2.20. The molecular formula is C16H12BrN3. The molecular weight excluding hydrogens is 314 g/mol. The Morgan fingerprint density at radius 1 is 0.850 bits per heavy atom. The van der Waals surface area contributed by atoms with Crippen LogP contribution in [0.4, 0.5) is 0 Å². The first-order valence-electron chi connectivity index (χ1n) is 6.21. The number of nitrogens with zero attached hydrogens (tertiary/aromatic N) is 2. The molecule has 1 heterocycles. The van der Waals surface area contributed by atoms with Crippen LogP contribution in [0.2, 0.25) is 0 Å². The third-order valence-electron chi connectivity index (χ3n) is 2.97. The van der Waals surface area contributed by atoms with Crippen LogP contribution in [0.5, 0.6) is 0 Å². The molecule has 1 N–H and O–H groups in total. The Labute approximate surface area is 125 Å². The predicted molar refractivity (Wildman–Crippen MR) is 84.9 cm³/mol. The van der Waals surface area contributed by atoms with Crippen LogP contribution >= 0.6 is 15.9 Å². The van der Waals surface area contributed by atoms with Crippen LogP contribution in [-0.4, -0.2) is 15.4 Å². The number of rotatable bonds is 3. The van der Waals surface area contributed by atoms with E-state index in [0.29, 0.717) is 0 Å². The summed E-state index contributed by atoms with van der Waals surface area (Å²) in [5.74, 6) is 0. The minimum absolute atomic E-state index is 0.821. The van der Waals surface area contributed by atoms with Gasteiger partial charge in [-0.25, -0.2) is 0 Å². The summed E-state index contributed by atoms with van der Waals surface area (Å²) < 4.78 is 1.09. The van der Waals surface area contributed by atoms with Crippen LogP contribution in [0.25, 0.3) is 23.3 Å². The largest absolute Gasteiger partial charge is 0.197 e. The normalized spacial score (nSPS) is 11.1. The highest BCUT2D eigenvalue weighted by molar-refractivity contribution is 9.10. The molecule has 0 amide bonds. The van der Waals surface area contributed by atoms with Gasteiger partial charge in [-0.2, -0.15) is 15.4 Å². The average molecular weight is 326 g/mol. The molecule has 0 unspecified atom stereocenters. The molecule has 0 aliphatic rings. The van der Waals surface area contributed by atoms with Gasteiger partial charge < -0.3 is 0 Å². The van der Waals surface area contributed by atoms with E-state index in [0.717, 1.165) is 15.7 Å². The Balaban J connectivity index is 1.79. The highest BCUT2D eigenvalue weighted by atomic mass is 79.9. The molecule has 20 heavy (non-hydrogen) atoms. The number of aromatic nitrogens is 3. The lowest BCUT2D eigenvalue weighted by Crippen LogP contribution is -1.78. The molecule has 98 valence electrons. The van der Waals surface area contributed by atoms with Crippen molar-refractivity contribution < 1.29 is 0 Å². The zero-order valence-corrected chi connectivity index (χ0v) is 12.2. The van der Waals surface area contributed by atoms with Crippen LogP contribution in [0, 0.1) is 0 Å². The number of aromatic amines is 1. The molecule has 1 aromatic heterocycles. The minimum Gasteiger partial charge on any atom is -0.197 e. The van der Waals surface area contributed by atoms with Gasteiger partial charge in [0, 0.05) is 4.47 Å². The molecule has 0 aliphatic heterocycles. The van der Waals surface area contributed by atoms with Crippen LogP contribution in [-0.2, 0) is 0 Å². The molecule has 3 aromatic rings. The van der Waals surface area contributed by atoms with Crippen molar-refractivity contribution >= 4 is 28.1 Å². The fourth-order valence-electron chi connectivity index (χ4n) is 1.90. The van der Waals surface area contributed by atoms with Crippen LogP contribution in [0.1, 0.15) is 11.3 Å². The van der Waals surface area contributed by atoms with E-state index in [1.54, 1.807) is 6.20 Å². The number of halogens is 1. The fraction of sp³-hybridized carbons (Fsp3) is 0. The van der Waals surface area contributed by atoms with Crippen molar-refractivity contribution in [1.29, 1.82) is 0 Å². The van der Waals surface area contributed by atoms with E-state index in [4.69, 9.17) is 0 Å². The minimum atomic E-state index is 0.821. The Bertz CT molecular complexity index is 698. The van der Waals surface area contributed by atoms with Crippen molar-refractivity contribution in [3.05, 3.63) is 70.5 Å². The summed E-state index contributed by atoms with van der Waals surface area (Å²) in [6, 6.07) is 16.7. The summed E-state index contributed by atoms with van der Waals surface area (Å²) >= 11 is 3.45. The van der Waals surface area contributed by atoms with Gasteiger partial charge in [-0.05, 0) is 34.9 Å². The van der Waals surface area contributed by atoms with Gasteiger partial charge in [0.05, 0.1) is 6.20 Å². The van der Waals surface area contributed by atoms with Gasteiger partial charge in [0.1, 0.15) is 5.69 Å². The van der Waals surface area contributed by atoms with Crippen molar-refractivity contribution in [1.82, 2.24) is 15.4 Å². The number of H-pyrrole nitrogens is 1.